The average Bonchev–Trinajstić information content (AvgIpc) is 3.35. The molecule has 5 fully saturated rings. The van der Waals surface area contributed by atoms with Gasteiger partial charge in [-0.25, -0.2) is 0 Å². The van der Waals surface area contributed by atoms with Gasteiger partial charge in [0.05, 0.1) is 5.71 Å². The number of ketones is 2. The Morgan fingerprint density at radius 1 is 1.14 bits per heavy atom. The van der Waals surface area contributed by atoms with Gasteiger partial charge in [-0.1, -0.05) is 12.1 Å². The number of hydrogen-bond acceptors (Lipinski definition) is 6. The van der Waals surface area contributed by atoms with Gasteiger partial charge >= 0.3 is 0 Å². The van der Waals surface area contributed by atoms with E-state index in [1.807, 2.05) is 0 Å². The van der Waals surface area contributed by atoms with Crippen LogP contribution in [-0.4, -0.2) is 48.2 Å². The van der Waals surface area contributed by atoms with Gasteiger partial charge in [-0.05, 0) is 62.8 Å². The molecule has 0 amide bonds. The van der Waals surface area contributed by atoms with Crippen molar-refractivity contribution in [2.45, 2.75) is 70.8 Å². The molecule has 6 heteroatoms. The molecule has 1 saturated heterocycles. The highest BCUT2D eigenvalue weighted by atomic mass is 16.6. The molecule has 0 bridgehead atoms. The van der Waals surface area contributed by atoms with Crippen molar-refractivity contribution in [1.82, 2.24) is 5.32 Å². The molecule has 5 rings (SSSR count). The molecule has 4 aliphatic carbocycles. The lowest BCUT2D eigenvalue weighted by molar-refractivity contribution is -0.160. The Kier molecular flexibility index (Phi) is 4.86. The molecule has 0 aromatic heterocycles. The van der Waals surface area contributed by atoms with E-state index in [1.54, 1.807) is 0 Å². The van der Waals surface area contributed by atoms with Crippen LogP contribution >= 0.6 is 0 Å². The highest BCUT2D eigenvalue weighted by Gasteiger charge is 2.63. The third-order valence-electron chi connectivity index (χ3n) is 9.36. The highest BCUT2D eigenvalue weighted by Crippen LogP contribution is 2.64. The molecule has 4 saturated carbocycles. The molecule has 0 aromatic carbocycles. The Balaban J connectivity index is 1.38. The van der Waals surface area contributed by atoms with Crippen LogP contribution in [0.2, 0.25) is 0 Å². The molecule has 1 heterocycles. The lowest BCUT2D eigenvalue weighted by atomic mass is 9.44. The fourth-order valence-corrected chi connectivity index (χ4v) is 7.66. The predicted molar refractivity (Wildman–Crippen MR) is 108 cm³/mol. The minimum absolute atomic E-state index is 0.0721. The van der Waals surface area contributed by atoms with Crippen LogP contribution in [0.15, 0.2) is 5.16 Å². The minimum Gasteiger partial charge on any atom is -0.396 e. The zero-order valence-electron chi connectivity index (χ0n) is 17.5. The van der Waals surface area contributed by atoms with Crippen LogP contribution < -0.4 is 5.32 Å². The van der Waals surface area contributed by atoms with Crippen molar-refractivity contribution in [1.29, 1.82) is 0 Å². The Labute approximate surface area is 172 Å². The van der Waals surface area contributed by atoms with E-state index < -0.39 is 0 Å². The van der Waals surface area contributed by atoms with Gasteiger partial charge in [0.15, 0.2) is 0 Å². The van der Waals surface area contributed by atoms with E-state index in [0.29, 0.717) is 36.9 Å². The summed E-state index contributed by atoms with van der Waals surface area (Å²) in [7, 11) is 0. The third-order valence-corrected chi connectivity index (χ3v) is 9.36. The first kappa shape index (κ1) is 19.7. The second-order valence-electron chi connectivity index (χ2n) is 10.5. The molecule has 2 N–H and O–H groups in total. The van der Waals surface area contributed by atoms with Gasteiger partial charge in [-0.2, -0.15) is 0 Å². The average molecular weight is 403 g/mol. The second-order valence-corrected chi connectivity index (χ2v) is 10.5. The minimum atomic E-state index is -0.332. The number of oxime groups is 1. The van der Waals surface area contributed by atoms with Crippen LogP contribution in [0.4, 0.5) is 0 Å². The summed E-state index contributed by atoms with van der Waals surface area (Å²) >= 11 is 0. The molecule has 0 radical (unpaired) electrons. The number of aliphatic hydroxyl groups is 1. The number of carbonyl (C=O) groups is 2. The highest BCUT2D eigenvalue weighted by molar-refractivity contribution is 5.93. The number of Topliss-reactive ketones (excluding diaryl/α,β-unsaturated/α-hetero) is 2. The summed E-state index contributed by atoms with van der Waals surface area (Å²) in [5.41, 5.74) is 0.408. The third kappa shape index (κ3) is 2.93. The zero-order valence-corrected chi connectivity index (χ0v) is 17.5. The summed E-state index contributed by atoms with van der Waals surface area (Å²) in [6, 6.07) is 0. The maximum absolute atomic E-state index is 13.3. The zero-order chi connectivity index (χ0) is 20.2. The van der Waals surface area contributed by atoms with Crippen LogP contribution in [0.1, 0.15) is 64.7 Å². The van der Waals surface area contributed by atoms with Crippen LogP contribution in [0.5, 0.6) is 0 Å². The molecule has 0 spiro atoms. The van der Waals surface area contributed by atoms with Gasteiger partial charge in [-0.3, -0.25) is 9.59 Å². The quantitative estimate of drug-likeness (QED) is 0.708. The Morgan fingerprint density at radius 2 is 2.00 bits per heavy atom. The first-order valence-corrected chi connectivity index (χ1v) is 11.6. The van der Waals surface area contributed by atoms with Crippen LogP contribution in [0.3, 0.4) is 0 Å². The fraction of sp³-hybridized carbons (Fsp3) is 0.870. The smallest absolute Gasteiger partial charge is 0.141 e. The fourth-order valence-electron chi connectivity index (χ4n) is 7.66. The first-order chi connectivity index (χ1) is 14.0. The van der Waals surface area contributed by atoms with E-state index in [2.05, 4.69) is 17.4 Å². The number of rotatable bonds is 3. The number of nitrogens with zero attached hydrogens (tertiary/aromatic N) is 1. The number of nitrogens with one attached hydrogen (secondary N) is 1. The molecular formula is C23H34N2O4. The number of hydrogen-bond donors (Lipinski definition) is 2. The van der Waals surface area contributed by atoms with Crippen LogP contribution in [0.25, 0.3) is 0 Å². The normalized spacial score (nSPS) is 48.3. The summed E-state index contributed by atoms with van der Waals surface area (Å²) in [6.45, 7) is 4.01. The van der Waals surface area contributed by atoms with Crippen molar-refractivity contribution >= 4 is 17.3 Å². The molecule has 29 heavy (non-hydrogen) atoms. The summed E-state index contributed by atoms with van der Waals surface area (Å²) in [4.78, 5) is 31.6. The van der Waals surface area contributed by atoms with E-state index in [9.17, 15) is 14.7 Å². The molecule has 5 aliphatic rings. The van der Waals surface area contributed by atoms with E-state index in [-0.39, 0.29) is 41.2 Å². The molecule has 0 aromatic rings. The van der Waals surface area contributed by atoms with Gasteiger partial charge in [0.2, 0.25) is 0 Å². The number of carbonyl (C=O) groups excluding carboxylic acids is 2. The van der Waals surface area contributed by atoms with Crippen molar-refractivity contribution in [3.8, 4) is 0 Å². The van der Waals surface area contributed by atoms with Crippen molar-refractivity contribution in [3.05, 3.63) is 0 Å². The van der Waals surface area contributed by atoms with Gasteiger partial charge in [0.1, 0.15) is 17.7 Å². The Hall–Kier alpha value is -1.27. The number of aliphatic hydroxyl groups excluding tert-OH is 1. The topological polar surface area (TPSA) is 88.0 Å². The van der Waals surface area contributed by atoms with Gasteiger partial charge in [0, 0.05) is 49.2 Å². The monoisotopic (exact) mass is 402 g/mol. The first-order valence-electron chi connectivity index (χ1n) is 11.6. The SMILES string of the molecule is CC12CCC3C(CC(=O)C4CC(=NO[C@H]5CCNC5)CCC43CO)C1CCC2=O. The lowest BCUT2D eigenvalue weighted by Gasteiger charge is -2.59. The summed E-state index contributed by atoms with van der Waals surface area (Å²) in [5.74, 6) is 1.45. The van der Waals surface area contributed by atoms with Crippen LogP contribution in [0, 0.1) is 34.5 Å². The van der Waals surface area contributed by atoms with E-state index in [0.717, 1.165) is 57.3 Å². The van der Waals surface area contributed by atoms with E-state index in [1.165, 1.54) is 0 Å². The Morgan fingerprint density at radius 3 is 2.76 bits per heavy atom. The van der Waals surface area contributed by atoms with Crippen molar-refractivity contribution in [3.63, 3.8) is 0 Å². The van der Waals surface area contributed by atoms with Crippen molar-refractivity contribution in [2.75, 3.05) is 19.7 Å². The molecule has 6 nitrogen and oxygen atoms in total. The largest absolute Gasteiger partial charge is 0.396 e. The summed E-state index contributed by atoms with van der Waals surface area (Å²) in [6.07, 6.45) is 7.39. The molecular weight excluding hydrogens is 368 g/mol. The van der Waals surface area contributed by atoms with E-state index >= 15 is 0 Å². The number of fused-ring (bicyclic) bond motifs is 5. The van der Waals surface area contributed by atoms with Crippen molar-refractivity contribution < 1.29 is 19.5 Å². The van der Waals surface area contributed by atoms with Gasteiger partial charge < -0.3 is 15.3 Å². The standard InChI is InChI=1S/C23H34N2O4/c1-22-7-5-18-16(17(22)2-3-21(22)28)11-20(27)19-10-14(4-8-23(18,19)13-26)25-29-15-6-9-24-12-15/h15-19,24,26H,2-13H2,1H3/t15-,16?,17?,18?,19?,22?,23?/m0/s1. The molecule has 1 aliphatic heterocycles. The predicted octanol–water partition coefficient (Wildman–Crippen LogP) is 2.48. The van der Waals surface area contributed by atoms with E-state index in [4.69, 9.17) is 4.84 Å². The van der Waals surface area contributed by atoms with Crippen molar-refractivity contribution in [2.24, 2.45) is 39.7 Å². The molecule has 6 unspecified atom stereocenters. The maximum Gasteiger partial charge on any atom is 0.141 e. The second kappa shape index (κ2) is 7.16. The Bertz CT molecular complexity index is 730. The van der Waals surface area contributed by atoms with Crippen LogP contribution in [-0.2, 0) is 14.4 Å². The van der Waals surface area contributed by atoms with Gasteiger partial charge in [-0.15, -0.1) is 0 Å². The lowest BCUT2D eigenvalue weighted by Crippen LogP contribution is -2.59. The molecule has 160 valence electrons. The van der Waals surface area contributed by atoms with Gasteiger partial charge in [0.25, 0.3) is 0 Å². The maximum atomic E-state index is 13.3. The summed E-state index contributed by atoms with van der Waals surface area (Å²) in [5, 5.41) is 18.3. The molecule has 7 atom stereocenters. The summed E-state index contributed by atoms with van der Waals surface area (Å²) < 4.78 is 0.